The number of halogens is 4. The molecule has 2 nitrogen and oxygen atoms in total. The molecule has 0 atom stereocenters. The molecule has 0 saturated heterocycles. The summed E-state index contributed by atoms with van der Waals surface area (Å²) in [5.41, 5.74) is 2.70. The lowest BCUT2D eigenvalue weighted by Gasteiger charge is -2.09. The lowest BCUT2D eigenvalue weighted by atomic mass is 9.98. The largest absolute Gasteiger partial charge is 0.236 e. The highest BCUT2D eigenvalue weighted by Crippen LogP contribution is 2.32. The van der Waals surface area contributed by atoms with E-state index < -0.39 is 17.5 Å². The minimum atomic E-state index is -0.631. The monoisotopic (exact) mass is 424 g/mol. The van der Waals surface area contributed by atoms with Gasteiger partial charge in [-0.3, -0.25) is 0 Å². The topological polar surface area (TPSA) is 25.8 Å². The van der Waals surface area contributed by atoms with Crippen LogP contribution in [-0.4, -0.2) is 9.97 Å². The van der Waals surface area contributed by atoms with Crippen LogP contribution in [-0.2, 0) is 6.42 Å². The Labute approximate surface area is 177 Å². The fraction of sp³-hybridized carbons (Fsp3) is 0.0833. The predicted molar refractivity (Wildman–Crippen MR) is 113 cm³/mol. The molecule has 0 amide bonds. The number of aryl methyl sites for hydroxylation is 1. The van der Waals surface area contributed by atoms with Crippen LogP contribution in [0.15, 0.2) is 67.0 Å². The van der Waals surface area contributed by atoms with Crippen molar-refractivity contribution in [2.75, 3.05) is 0 Å². The summed E-state index contributed by atoms with van der Waals surface area (Å²) < 4.78 is 43.2. The number of rotatable bonds is 4. The van der Waals surface area contributed by atoms with E-state index in [4.69, 9.17) is 11.6 Å². The normalized spacial score (nSPS) is 11.0. The van der Waals surface area contributed by atoms with Gasteiger partial charge in [-0.05, 0) is 47.4 Å². The van der Waals surface area contributed by atoms with Crippen LogP contribution in [0.3, 0.4) is 0 Å². The second-order valence-corrected chi connectivity index (χ2v) is 7.19. The van der Waals surface area contributed by atoms with Crippen LogP contribution in [0.5, 0.6) is 0 Å². The molecular formula is C24H16ClF3N2. The smallest absolute Gasteiger partial charge is 0.159 e. The van der Waals surface area contributed by atoms with Crippen LogP contribution in [0.2, 0.25) is 5.02 Å². The van der Waals surface area contributed by atoms with E-state index in [0.29, 0.717) is 22.5 Å². The summed E-state index contributed by atoms with van der Waals surface area (Å²) >= 11 is 5.68. The second kappa shape index (κ2) is 8.28. The average molecular weight is 425 g/mol. The first kappa shape index (κ1) is 20.1. The number of aromatic nitrogens is 2. The highest BCUT2D eigenvalue weighted by Gasteiger charge is 2.13. The molecule has 4 aromatic rings. The fourth-order valence-corrected chi connectivity index (χ4v) is 3.27. The lowest BCUT2D eigenvalue weighted by molar-refractivity contribution is 0.624. The van der Waals surface area contributed by atoms with Crippen molar-refractivity contribution in [3.8, 4) is 33.6 Å². The van der Waals surface area contributed by atoms with Gasteiger partial charge in [0.05, 0.1) is 5.02 Å². The van der Waals surface area contributed by atoms with Gasteiger partial charge in [0.1, 0.15) is 17.5 Å². The van der Waals surface area contributed by atoms with Crippen molar-refractivity contribution in [1.82, 2.24) is 9.97 Å². The zero-order valence-electron chi connectivity index (χ0n) is 16.0. The van der Waals surface area contributed by atoms with Crippen molar-refractivity contribution in [3.63, 3.8) is 0 Å². The van der Waals surface area contributed by atoms with Gasteiger partial charge in [0.2, 0.25) is 0 Å². The van der Waals surface area contributed by atoms with Crippen LogP contribution in [0.1, 0.15) is 12.5 Å². The first-order valence-corrected chi connectivity index (χ1v) is 9.70. The predicted octanol–water partition coefficient (Wildman–Crippen LogP) is 7.11. The van der Waals surface area contributed by atoms with Gasteiger partial charge in [0.25, 0.3) is 0 Å². The second-order valence-electron chi connectivity index (χ2n) is 6.79. The minimum Gasteiger partial charge on any atom is -0.236 e. The summed E-state index contributed by atoms with van der Waals surface area (Å²) in [6, 6.07) is 13.0. The van der Waals surface area contributed by atoms with Gasteiger partial charge in [0, 0.05) is 29.1 Å². The highest BCUT2D eigenvalue weighted by molar-refractivity contribution is 6.30. The zero-order chi connectivity index (χ0) is 21.3. The molecule has 6 heteroatoms. The molecule has 0 saturated carbocycles. The first-order valence-electron chi connectivity index (χ1n) is 9.32. The molecule has 150 valence electrons. The summed E-state index contributed by atoms with van der Waals surface area (Å²) in [5, 5.41) is -0.0359. The number of benzene rings is 3. The Morgan fingerprint density at radius 2 is 1.20 bits per heavy atom. The maximum Gasteiger partial charge on any atom is 0.159 e. The molecular weight excluding hydrogens is 409 g/mol. The maximum atomic E-state index is 14.8. The van der Waals surface area contributed by atoms with Crippen molar-refractivity contribution >= 4 is 11.6 Å². The van der Waals surface area contributed by atoms with Crippen molar-refractivity contribution < 1.29 is 13.2 Å². The van der Waals surface area contributed by atoms with Gasteiger partial charge in [-0.25, -0.2) is 23.1 Å². The van der Waals surface area contributed by atoms with Crippen LogP contribution >= 0.6 is 11.6 Å². The SMILES string of the molecule is CCc1cnc(-c2ccc(-c3ccc(-c4ccc(Cl)c(F)c4)c(F)c3)c(F)c2)nc1. The van der Waals surface area contributed by atoms with E-state index in [9.17, 15) is 13.2 Å². The number of nitrogens with zero attached hydrogens (tertiary/aromatic N) is 2. The molecule has 0 bridgehead atoms. The molecule has 0 aliphatic rings. The van der Waals surface area contributed by atoms with Gasteiger partial charge >= 0.3 is 0 Å². The Balaban J connectivity index is 1.66. The molecule has 0 aliphatic carbocycles. The molecule has 0 aliphatic heterocycles. The van der Waals surface area contributed by atoms with Gasteiger partial charge in [-0.2, -0.15) is 0 Å². The van der Waals surface area contributed by atoms with Crippen LogP contribution in [0, 0.1) is 17.5 Å². The molecule has 30 heavy (non-hydrogen) atoms. The molecule has 0 unspecified atom stereocenters. The van der Waals surface area contributed by atoms with E-state index in [1.165, 1.54) is 36.4 Å². The summed E-state index contributed by atoms with van der Waals surface area (Å²) in [5.74, 6) is -1.31. The quantitative estimate of drug-likeness (QED) is 0.349. The molecule has 3 aromatic carbocycles. The Hall–Kier alpha value is -3.18. The molecule has 1 aromatic heterocycles. The van der Waals surface area contributed by atoms with E-state index in [1.807, 2.05) is 6.92 Å². The minimum absolute atomic E-state index is 0.0359. The fourth-order valence-electron chi connectivity index (χ4n) is 3.16. The summed E-state index contributed by atoms with van der Waals surface area (Å²) in [4.78, 5) is 8.52. The van der Waals surface area contributed by atoms with Crippen molar-refractivity contribution in [3.05, 3.63) is 95.0 Å². The standard InChI is InChI=1S/C24H16ClF3N2/c1-2-14-12-29-24(30-13-14)17-4-7-19(22(27)11-17)15-3-6-18(21(26)9-15)16-5-8-20(25)23(28)10-16/h3-13H,2H2,1H3. The van der Waals surface area contributed by atoms with Crippen molar-refractivity contribution in [2.45, 2.75) is 13.3 Å². The van der Waals surface area contributed by atoms with Crippen LogP contribution in [0.25, 0.3) is 33.6 Å². The molecule has 0 fully saturated rings. The Morgan fingerprint density at radius 1 is 0.700 bits per heavy atom. The number of hydrogen-bond donors (Lipinski definition) is 0. The molecule has 0 radical (unpaired) electrons. The third-order valence-corrected chi connectivity index (χ3v) is 5.16. The third kappa shape index (κ3) is 3.94. The summed E-state index contributed by atoms with van der Waals surface area (Å²) in [7, 11) is 0. The van der Waals surface area contributed by atoms with Gasteiger partial charge < -0.3 is 0 Å². The Morgan fingerprint density at radius 3 is 1.73 bits per heavy atom. The van der Waals surface area contributed by atoms with Crippen LogP contribution < -0.4 is 0 Å². The third-order valence-electron chi connectivity index (χ3n) is 4.85. The van der Waals surface area contributed by atoms with E-state index in [2.05, 4.69) is 9.97 Å². The highest BCUT2D eigenvalue weighted by atomic mass is 35.5. The molecule has 4 rings (SSSR count). The van der Waals surface area contributed by atoms with E-state index >= 15 is 0 Å². The van der Waals surface area contributed by atoms with E-state index in [0.717, 1.165) is 12.0 Å². The van der Waals surface area contributed by atoms with Gasteiger partial charge in [0.15, 0.2) is 5.82 Å². The van der Waals surface area contributed by atoms with Crippen LogP contribution in [0.4, 0.5) is 13.2 Å². The maximum absolute atomic E-state index is 14.8. The summed E-state index contributed by atoms with van der Waals surface area (Å²) in [6.45, 7) is 2.00. The zero-order valence-corrected chi connectivity index (χ0v) is 16.7. The molecule has 0 N–H and O–H groups in total. The van der Waals surface area contributed by atoms with Gasteiger partial charge in [-0.1, -0.05) is 48.9 Å². The molecule has 1 heterocycles. The Kier molecular flexibility index (Phi) is 5.55. The van der Waals surface area contributed by atoms with Crippen molar-refractivity contribution in [2.24, 2.45) is 0 Å². The number of hydrogen-bond acceptors (Lipinski definition) is 2. The molecule has 0 spiro atoms. The Bertz CT molecular complexity index is 1220. The van der Waals surface area contributed by atoms with Crippen molar-refractivity contribution in [1.29, 1.82) is 0 Å². The first-order chi connectivity index (χ1) is 14.5. The van der Waals surface area contributed by atoms with Gasteiger partial charge in [-0.15, -0.1) is 0 Å². The average Bonchev–Trinajstić information content (AvgIpc) is 2.76. The summed E-state index contributed by atoms with van der Waals surface area (Å²) in [6.07, 6.45) is 4.24. The lowest BCUT2D eigenvalue weighted by Crippen LogP contribution is -1.94. The van der Waals surface area contributed by atoms with E-state index in [-0.39, 0.29) is 16.1 Å². The van der Waals surface area contributed by atoms with E-state index in [1.54, 1.807) is 30.6 Å².